The Hall–Kier alpha value is -0.940. The molecule has 0 saturated carbocycles. The lowest BCUT2D eigenvalue weighted by Crippen LogP contribution is -2.27. The Balaban J connectivity index is 2.30. The Kier molecular flexibility index (Phi) is 5.98. The molecule has 20 heavy (non-hydrogen) atoms. The summed E-state index contributed by atoms with van der Waals surface area (Å²) in [6, 6.07) is 13.2. The van der Waals surface area contributed by atoms with Gasteiger partial charge >= 0.3 is 0 Å². The Labute approximate surface area is 135 Å². The van der Waals surface area contributed by atoms with Gasteiger partial charge in [0.2, 0.25) is 0 Å². The molecule has 0 bridgehead atoms. The molecular weight excluding hydrogens is 359 g/mol. The monoisotopic (exact) mass is 380 g/mol. The van der Waals surface area contributed by atoms with E-state index in [1.165, 1.54) is 14.7 Å². The van der Waals surface area contributed by atoms with E-state index in [1.807, 2.05) is 12.4 Å². The molecule has 0 aliphatic heterocycles. The van der Waals surface area contributed by atoms with Gasteiger partial charge in [0.05, 0.1) is 0 Å². The van der Waals surface area contributed by atoms with Gasteiger partial charge in [-0.3, -0.25) is 4.98 Å². The highest BCUT2D eigenvalue weighted by Crippen LogP contribution is 2.32. The Bertz CT molecular complexity index is 528. The van der Waals surface area contributed by atoms with Gasteiger partial charge in [-0.2, -0.15) is 0 Å². The predicted molar refractivity (Wildman–Crippen MR) is 92.8 cm³/mol. The zero-order chi connectivity index (χ0) is 14.4. The lowest BCUT2D eigenvalue weighted by atomic mass is 9.89. The molecule has 1 aromatic carbocycles. The van der Waals surface area contributed by atoms with Crippen LogP contribution >= 0.6 is 22.6 Å². The number of pyridine rings is 1. The highest BCUT2D eigenvalue weighted by Gasteiger charge is 2.21. The second kappa shape index (κ2) is 7.74. The van der Waals surface area contributed by atoms with Gasteiger partial charge in [0.1, 0.15) is 0 Å². The number of aromatic nitrogens is 1. The summed E-state index contributed by atoms with van der Waals surface area (Å²) >= 11 is 2.43. The van der Waals surface area contributed by atoms with E-state index in [1.54, 1.807) is 0 Å². The second-order valence-electron chi connectivity index (χ2n) is 5.02. The smallest absolute Gasteiger partial charge is 0.0397 e. The van der Waals surface area contributed by atoms with Crippen molar-refractivity contribution in [3.05, 3.63) is 63.5 Å². The third-order valence-corrected chi connectivity index (χ3v) is 4.57. The number of rotatable bonds is 6. The molecule has 0 fully saturated rings. The van der Waals surface area contributed by atoms with Crippen LogP contribution in [0.15, 0.2) is 48.8 Å². The summed E-state index contributed by atoms with van der Waals surface area (Å²) in [6.07, 6.45) is 4.89. The minimum atomic E-state index is 0.338. The fourth-order valence-corrected chi connectivity index (χ4v) is 3.17. The maximum Gasteiger partial charge on any atom is 0.0397 e. The van der Waals surface area contributed by atoms with Crippen LogP contribution in [0.2, 0.25) is 0 Å². The molecule has 1 aromatic heterocycles. The molecule has 3 heteroatoms. The first kappa shape index (κ1) is 15.4. The van der Waals surface area contributed by atoms with Crippen LogP contribution in [0.25, 0.3) is 0 Å². The molecule has 0 radical (unpaired) electrons. The van der Waals surface area contributed by atoms with Crippen molar-refractivity contribution < 1.29 is 0 Å². The van der Waals surface area contributed by atoms with E-state index < -0.39 is 0 Å². The van der Waals surface area contributed by atoms with Crippen molar-refractivity contribution in [3.63, 3.8) is 0 Å². The average Bonchev–Trinajstić information content (AvgIpc) is 2.50. The minimum absolute atomic E-state index is 0.338. The number of hydrogen-bond acceptors (Lipinski definition) is 2. The van der Waals surface area contributed by atoms with E-state index in [9.17, 15) is 0 Å². The number of hydrogen-bond donors (Lipinski definition) is 1. The molecule has 2 rings (SSSR count). The molecular formula is C17H21IN2. The van der Waals surface area contributed by atoms with Gasteiger partial charge in [-0.25, -0.2) is 0 Å². The largest absolute Gasteiger partial charge is 0.309 e. The van der Waals surface area contributed by atoms with Crippen LogP contribution in [-0.2, 0) is 0 Å². The SMILES string of the molecule is CCCNC(c1ccccc1I)C(C)c1ccncc1. The molecule has 1 N–H and O–H groups in total. The molecule has 0 amide bonds. The average molecular weight is 380 g/mol. The van der Waals surface area contributed by atoms with E-state index in [0.29, 0.717) is 12.0 Å². The van der Waals surface area contributed by atoms with E-state index >= 15 is 0 Å². The van der Waals surface area contributed by atoms with Crippen molar-refractivity contribution in [1.29, 1.82) is 0 Å². The third kappa shape index (κ3) is 3.79. The fourth-order valence-electron chi connectivity index (χ4n) is 2.44. The maximum absolute atomic E-state index is 4.12. The molecule has 2 aromatic rings. The van der Waals surface area contributed by atoms with Crippen LogP contribution in [0, 0.1) is 3.57 Å². The molecule has 1 heterocycles. The highest BCUT2D eigenvalue weighted by molar-refractivity contribution is 14.1. The Morgan fingerprint density at radius 3 is 2.50 bits per heavy atom. The zero-order valence-corrected chi connectivity index (χ0v) is 14.2. The highest BCUT2D eigenvalue weighted by atomic mass is 127. The van der Waals surface area contributed by atoms with Crippen LogP contribution < -0.4 is 5.32 Å². The summed E-state index contributed by atoms with van der Waals surface area (Å²) in [5.41, 5.74) is 2.71. The molecule has 0 aliphatic carbocycles. The topological polar surface area (TPSA) is 24.9 Å². The number of halogens is 1. The van der Waals surface area contributed by atoms with E-state index in [0.717, 1.165) is 13.0 Å². The molecule has 2 nitrogen and oxygen atoms in total. The van der Waals surface area contributed by atoms with Gasteiger partial charge in [0, 0.05) is 27.9 Å². The third-order valence-electron chi connectivity index (χ3n) is 3.59. The molecule has 0 spiro atoms. The minimum Gasteiger partial charge on any atom is -0.309 e. The van der Waals surface area contributed by atoms with Crippen LogP contribution in [0.4, 0.5) is 0 Å². The zero-order valence-electron chi connectivity index (χ0n) is 12.0. The van der Waals surface area contributed by atoms with E-state index in [2.05, 4.69) is 83.1 Å². The van der Waals surface area contributed by atoms with Crippen molar-refractivity contribution in [2.45, 2.75) is 32.2 Å². The fraction of sp³-hybridized carbons (Fsp3) is 0.353. The van der Waals surface area contributed by atoms with Gasteiger partial charge in [-0.15, -0.1) is 0 Å². The summed E-state index contributed by atoms with van der Waals surface area (Å²) in [5, 5.41) is 3.70. The van der Waals surface area contributed by atoms with E-state index in [-0.39, 0.29) is 0 Å². The summed E-state index contributed by atoms with van der Waals surface area (Å²) in [5.74, 6) is 0.417. The molecule has 0 aliphatic rings. The van der Waals surface area contributed by atoms with Gasteiger partial charge in [0.15, 0.2) is 0 Å². The summed E-state index contributed by atoms with van der Waals surface area (Å²) in [6.45, 7) is 5.52. The van der Waals surface area contributed by atoms with Crippen LogP contribution in [0.5, 0.6) is 0 Å². The first-order valence-corrected chi connectivity index (χ1v) is 8.19. The van der Waals surface area contributed by atoms with Crippen molar-refractivity contribution >= 4 is 22.6 Å². The summed E-state index contributed by atoms with van der Waals surface area (Å²) in [4.78, 5) is 4.12. The second-order valence-corrected chi connectivity index (χ2v) is 6.18. The van der Waals surface area contributed by atoms with Crippen molar-refractivity contribution in [3.8, 4) is 0 Å². The quantitative estimate of drug-likeness (QED) is 0.745. The first-order chi connectivity index (χ1) is 9.74. The summed E-state index contributed by atoms with van der Waals surface area (Å²) in [7, 11) is 0. The van der Waals surface area contributed by atoms with Crippen LogP contribution in [0.3, 0.4) is 0 Å². The number of nitrogens with zero attached hydrogens (tertiary/aromatic N) is 1. The normalized spacial score (nSPS) is 13.9. The van der Waals surface area contributed by atoms with Crippen molar-refractivity contribution in [2.24, 2.45) is 0 Å². The first-order valence-electron chi connectivity index (χ1n) is 7.11. The van der Waals surface area contributed by atoms with Gasteiger partial charge in [-0.1, -0.05) is 32.0 Å². The molecule has 0 saturated heterocycles. The van der Waals surface area contributed by atoms with Gasteiger partial charge < -0.3 is 5.32 Å². The molecule has 106 valence electrons. The van der Waals surface area contributed by atoms with Crippen molar-refractivity contribution in [2.75, 3.05) is 6.54 Å². The van der Waals surface area contributed by atoms with E-state index in [4.69, 9.17) is 0 Å². The lowest BCUT2D eigenvalue weighted by Gasteiger charge is -2.27. The standard InChI is InChI=1S/C17H21IN2/c1-3-10-20-17(15-6-4-5-7-16(15)18)13(2)14-8-11-19-12-9-14/h4-9,11-13,17,20H,3,10H2,1-2H3. The van der Waals surface area contributed by atoms with Crippen LogP contribution in [0.1, 0.15) is 43.4 Å². The molecule has 2 atom stereocenters. The molecule has 2 unspecified atom stereocenters. The summed E-state index contributed by atoms with van der Waals surface area (Å²) < 4.78 is 1.32. The van der Waals surface area contributed by atoms with Gasteiger partial charge in [-0.05, 0) is 64.9 Å². The predicted octanol–water partition coefficient (Wildman–Crippen LogP) is 4.53. The lowest BCUT2D eigenvalue weighted by molar-refractivity contribution is 0.464. The number of nitrogens with one attached hydrogen (secondary N) is 1. The number of benzene rings is 1. The van der Waals surface area contributed by atoms with Crippen LogP contribution in [-0.4, -0.2) is 11.5 Å². The van der Waals surface area contributed by atoms with Gasteiger partial charge in [0.25, 0.3) is 0 Å². The van der Waals surface area contributed by atoms with Crippen molar-refractivity contribution in [1.82, 2.24) is 10.3 Å². The Morgan fingerprint density at radius 1 is 1.15 bits per heavy atom. The maximum atomic E-state index is 4.12. The Morgan fingerprint density at radius 2 is 1.85 bits per heavy atom.